The van der Waals surface area contributed by atoms with E-state index in [0.717, 1.165) is 42.7 Å². The van der Waals surface area contributed by atoms with Gasteiger partial charge in [0.15, 0.2) is 0 Å². The van der Waals surface area contributed by atoms with Crippen molar-refractivity contribution in [1.82, 2.24) is 20.2 Å². The molecule has 0 spiro atoms. The lowest BCUT2D eigenvalue weighted by molar-refractivity contribution is -0.136. The number of rotatable bonds is 6. The normalized spacial score (nSPS) is 17.8. The summed E-state index contributed by atoms with van der Waals surface area (Å²) in [6.07, 6.45) is 2.97. The van der Waals surface area contributed by atoms with Crippen molar-refractivity contribution in [3.8, 4) is 0 Å². The van der Waals surface area contributed by atoms with Crippen molar-refractivity contribution in [2.24, 2.45) is 0 Å². The van der Waals surface area contributed by atoms with Crippen molar-refractivity contribution in [3.63, 3.8) is 0 Å². The maximum Gasteiger partial charge on any atom is 0.405 e. The average Bonchev–Trinajstić information content (AvgIpc) is 3.16. The van der Waals surface area contributed by atoms with E-state index in [9.17, 15) is 18.0 Å². The number of amides is 1. The van der Waals surface area contributed by atoms with Crippen molar-refractivity contribution in [2.75, 3.05) is 33.9 Å². The Morgan fingerprint density at radius 2 is 2.00 bits per heavy atom. The Balaban J connectivity index is 1.68. The third-order valence-electron chi connectivity index (χ3n) is 6.09. The number of methoxy groups -OCH3 is 2. The number of carbonyl (C=O) groups is 1. The van der Waals surface area contributed by atoms with Gasteiger partial charge in [0.25, 0.3) is 5.91 Å². The van der Waals surface area contributed by atoms with E-state index < -0.39 is 18.6 Å². The van der Waals surface area contributed by atoms with Crippen LogP contribution in [0.4, 0.5) is 13.2 Å². The highest BCUT2D eigenvalue weighted by Crippen LogP contribution is 2.31. The first kappa shape index (κ1) is 23.9. The van der Waals surface area contributed by atoms with Crippen LogP contribution in [0.1, 0.15) is 30.7 Å². The Morgan fingerprint density at radius 1 is 1.24 bits per heavy atom. The number of aromatic nitrogens is 2. The third kappa shape index (κ3) is 5.11. The Bertz CT molecular complexity index is 1160. The standard InChI is InChI=1S/C24H27F3N4O3/c1-33-20-6-4-17(12-21(34-2)22(20)23(32)29-13-24(25,26)27)31-14-30-18-11-16(3-5-19(18)31)15-7-9-28-10-8-15/h3,5-6,11-12,14-15,28H,4,7-10,13H2,1-2H3,(H,29,32). The lowest BCUT2D eigenvalue weighted by Crippen LogP contribution is -2.35. The molecule has 182 valence electrons. The van der Waals surface area contributed by atoms with Crippen molar-refractivity contribution in [2.45, 2.75) is 31.4 Å². The van der Waals surface area contributed by atoms with Crippen LogP contribution in [0.15, 0.2) is 53.8 Å². The number of fused-ring (bicyclic) bond motifs is 1. The summed E-state index contributed by atoms with van der Waals surface area (Å²) >= 11 is 0. The van der Waals surface area contributed by atoms with Crippen LogP contribution in [-0.4, -0.2) is 55.5 Å². The zero-order valence-corrected chi connectivity index (χ0v) is 19.0. The van der Waals surface area contributed by atoms with E-state index in [0.29, 0.717) is 12.3 Å². The second kappa shape index (κ2) is 9.92. The fourth-order valence-electron chi connectivity index (χ4n) is 4.38. The molecule has 0 saturated carbocycles. The molecule has 2 aliphatic rings. The highest BCUT2D eigenvalue weighted by atomic mass is 19.4. The number of halogens is 3. The number of alkyl halides is 3. The van der Waals surface area contributed by atoms with Crippen LogP contribution < -0.4 is 10.6 Å². The van der Waals surface area contributed by atoms with Crippen LogP contribution in [0, 0.1) is 0 Å². The maximum atomic E-state index is 12.6. The number of imidazole rings is 1. The summed E-state index contributed by atoms with van der Waals surface area (Å²) in [7, 11) is 2.71. The SMILES string of the molecule is COC1=CCC(n2cnc3cc(C4CCNCC4)ccc32)=CC(OC)=C1C(=O)NCC(F)(F)F. The van der Waals surface area contributed by atoms with Gasteiger partial charge in [-0.25, -0.2) is 4.98 Å². The number of nitrogens with zero attached hydrogens (tertiary/aromatic N) is 2. The molecule has 2 aromatic rings. The quantitative estimate of drug-likeness (QED) is 0.662. The number of piperidine rings is 1. The highest BCUT2D eigenvalue weighted by molar-refractivity contribution is 5.99. The van der Waals surface area contributed by atoms with Gasteiger partial charge in [-0.1, -0.05) is 6.07 Å². The van der Waals surface area contributed by atoms with Crippen LogP contribution in [0.5, 0.6) is 0 Å². The van der Waals surface area contributed by atoms with Gasteiger partial charge in [0.05, 0.1) is 25.3 Å². The monoisotopic (exact) mass is 476 g/mol. The minimum Gasteiger partial charge on any atom is -0.496 e. The van der Waals surface area contributed by atoms with Crippen LogP contribution in [0.3, 0.4) is 0 Å². The fourth-order valence-corrected chi connectivity index (χ4v) is 4.38. The Hall–Kier alpha value is -3.27. The van der Waals surface area contributed by atoms with E-state index in [1.165, 1.54) is 19.8 Å². The number of hydrogen-bond donors (Lipinski definition) is 2. The first-order valence-electron chi connectivity index (χ1n) is 11.1. The number of ether oxygens (including phenoxy) is 2. The predicted molar refractivity (Wildman–Crippen MR) is 122 cm³/mol. The van der Waals surface area contributed by atoms with E-state index >= 15 is 0 Å². The van der Waals surface area contributed by atoms with Crippen LogP contribution in [-0.2, 0) is 14.3 Å². The van der Waals surface area contributed by atoms with Crippen LogP contribution in [0.2, 0.25) is 0 Å². The van der Waals surface area contributed by atoms with E-state index in [-0.39, 0.29) is 17.1 Å². The molecule has 1 amide bonds. The second-order valence-corrected chi connectivity index (χ2v) is 8.24. The van der Waals surface area contributed by atoms with Crippen molar-refractivity contribution in [3.05, 3.63) is 59.3 Å². The molecule has 10 heteroatoms. The number of nitrogens with one attached hydrogen (secondary N) is 2. The first-order chi connectivity index (χ1) is 16.3. The lowest BCUT2D eigenvalue weighted by atomic mass is 9.90. The lowest BCUT2D eigenvalue weighted by Gasteiger charge is -2.23. The van der Waals surface area contributed by atoms with Gasteiger partial charge in [-0.05, 0) is 55.6 Å². The van der Waals surface area contributed by atoms with Gasteiger partial charge in [0.1, 0.15) is 30.0 Å². The first-order valence-corrected chi connectivity index (χ1v) is 11.1. The van der Waals surface area contributed by atoms with Gasteiger partial charge in [0.2, 0.25) is 0 Å². The minimum absolute atomic E-state index is 0.0955. The summed E-state index contributed by atoms with van der Waals surface area (Å²) in [5.74, 6) is -0.184. The highest BCUT2D eigenvalue weighted by Gasteiger charge is 2.31. The molecule has 0 bridgehead atoms. The smallest absolute Gasteiger partial charge is 0.405 e. The van der Waals surface area contributed by atoms with Gasteiger partial charge < -0.3 is 24.7 Å². The molecule has 0 atom stereocenters. The molecule has 1 aromatic heterocycles. The molecule has 34 heavy (non-hydrogen) atoms. The molecule has 0 radical (unpaired) electrons. The van der Waals surface area contributed by atoms with Gasteiger partial charge >= 0.3 is 6.18 Å². The average molecular weight is 476 g/mol. The van der Waals surface area contributed by atoms with E-state index in [4.69, 9.17) is 9.47 Å². The fraction of sp³-hybridized carbons (Fsp3) is 0.417. The summed E-state index contributed by atoms with van der Waals surface area (Å²) in [4.78, 5) is 17.2. The molecule has 4 rings (SSSR count). The Morgan fingerprint density at radius 3 is 2.68 bits per heavy atom. The van der Waals surface area contributed by atoms with Crippen molar-refractivity contribution >= 4 is 22.6 Å². The summed E-state index contributed by atoms with van der Waals surface area (Å²) in [6, 6.07) is 6.26. The van der Waals surface area contributed by atoms with E-state index in [1.54, 1.807) is 18.5 Å². The molecule has 2 heterocycles. The zero-order valence-electron chi connectivity index (χ0n) is 19.0. The molecule has 1 aliphatic heterocycles. The molecular weight excluding hydrogens is 449 g/mol. The van der Waals surface area contributed by atoms with Crippen LogP contribution in [0.25, 0.3) is 16.7 Å². The molecule has 2 N–H and O–H groups in total. The summed E-state index contributed by atoms with van der Waals surface area (Å²) in [5.41, 5.74) is 3.64. The molecule has 1 saturated heterocycles. The minimum atomic E-state index is -4.53. The Kier molecular flexibility index (Phi) is 6.97. The molecule has 1 aliphatic carbocycles. The topological polar surface area (TPSA) is 77.4 Å². The number of carbonyl (C=O) groups excluding carboxylic acids is 1. The Labute approximate surface area is 195 Å². The van der Waals surface area contributed by atoms with Crippen molar-refractivity contribution < 1.29 is 27.4 Å². The molecule has 7 nitrogen and oxygen atoms in total. The van der Waals surface area contributed by atoms with Crippen molar-refractivity contribution in [1.29, 1.82) is 0 Å². The van der Waals surface area contributed by atoms with Gasteiger partial charge in [-0.3, -0.25) is 4.79 Å². The largest absolute Gasteiger partial charge is 0.496 e. The third-order valence-corrected chi connectivity index (χ3v) is 6.09. The number of allylic oxidation sites excluding steroid dienone is 3. The second-order valence-electron chi connectivity index (χ2n) is 8.24. The number of benzene rings is 1. The van der Waals surface area contributed by atoms with Gasteiger partial charge in [-0.15, -0.1) is 0 Å². The molecule has 1 aromatic carbocycles. The number of hydrogen-bond acceptors (Lipinski definition) is 5. The predicted octanol–water partition coefficient (Wildman–Crippen LogP) is 3.86. The molecule has 1 fully saturated rings. The summed E-state index contributed by atoms with van der Waals surface area (Å²) in [6.45, 7) is 0.553. The maximum absolute atomic E-state index is 12.6. The van der Waals surface area contributed by atoms with Crippen LogP contribution >= 0.6 is 0 Å². The summed E-state index contributed by atoms with van der Waals surface area (Å²) in [5, 5.41) is 5.27. The van der Waals surface area contributed by atoms with Gasteiger partial charge in [-0.2, -0.15) is 13.2 Å². The van der Waals surface area contributed by atoms with E-state index in [2.05, 4.69) is 22.4 Å². The summed E-state index contributed by atoms with van der Waals surface area (Å²) < 4.78 is 50.5. The van der Waals surface area contributed by atoms with E-state index in [1.807, 2.05) is 16.0 Å². The van der Waals surface area contributed by atoms with Gasteiger partial charge in [0, 0.05) is 18.2 Å². The zero-order chi connectivity index (χ0) is 24.3. The molecular formula is C24H27F3N4O3. The molecule has 0 unspecified atom stereocenters.